The minimum absolute atomic E-state index is 0.295. The van der Waals surface area contributed by atoms with E-state index in [1.54, 1.807) is 17.5 Å². The van der Waals surface area contributed by atoms with Crippen LogP contribution in [0.3, 0.4) is 0 Å². The number of nitrogen functional groups attached to an aromatic ring is 1. The van der Waals surface area contributed by atoms with Gasteiger partial charge in [-0.3, -0.25) is 4.79 Å². The smallest absolute Gasteiger partial charge is 0.275 e. The maximum absolute atomic E-state index is 11.7. The van der Waals surface area contributed by atoms with E-state index in [0.717, 1.165) is 0 Å². The van der Waals surface area contributed by atoms with Crippen LogP contribution in [0.2, 0.25) is 0 Å². The Morgan fingerprint density at radius 2 is 2.35 bits per heavy atom. The molecule has 0 aliphatic carbocycles. The summed E-state index contributed by atoms with van der Waals surface area (Å²) in [5.41, 5.74) is 6.31. The topological polar surface area (TPSA) is 90.1 Å². The Morgan fingerprint density at radius 1 is 1.53 bits per heavy atom. The number of amides is 1. The van der Waals surface area contributed by atoms with E-state index >= 15 is 0 Å². The number of aromatic nitrogens is 2. The first-order chi connectivity index (χ1) is 8.19. The van der Waals surface area contributed by atoms with Crippen molar-refractivity contribution in [2.45, 2.75) is 0 Å². The molecular formula is C10H10N4O2S. The van der Waals surface area contributed by atoms with Gasteiger partial charge in [0.15, 0.2) is 5.13 Å². The molecule has 0 atom stereocenters. The maximum Gasteiger partial charge on any atom is 0.275 e. The molecule has 2 heterocycles. The summed E-state index contributed by atoms with van der Waals surface area (Å²) in [5.74, 6) is 0.172. The molecule has 88 valence electrons. The normalized spacial score (nSPS) is 9.94. The number of carbonyl (C=O) groups is 1. The molecule has 2 aromatic rings. The van der Waals surface area contributed by atoms with Crippen molar-refractivity contribution < 1.29 is 9.53 Å². The predicted molar refractivity (Wildman–Crippen MR) is 65.3 cm³/mol. The summed E-state index contributed by atoms with van der Waals surface area (Å²) in [6.07, 6.45) is 1.51. The predicted octanol–water partition coefficient (Wildman–Crippen LogP) is 1.38. The number of nitrogens with two attached hydrogens (primary N) is 1. The zero-order valence-corrected chi connectivity index (χ0v) is 9.82. The molecule has 0 unspecified atom stereocenters. The summed E-state index contributed by atoms with van der Waals surface area (Å²) in [6, 6.07) is 3.35. The Bertz CT molecular complexity index is 523. The molecule has 17 heavy (non-hydrogen) atoms. The Hall–Kier alpha value is -2.15. The number of hydrogen-bond acceptors (Lipinski definition) is 6. The van der Waals surface area contributed by atoms with E-state index in [9.17, 15) is 4.79 Å². The van der Waals surface area contributed by atoms with Crippen LogP contribution >= 0.6 is 11.3 Å². The highest BCUT2D eigenvalue weighted by Gasteiger charge is 2.09. The summed E-state index contributed by atoms with van der Waals surface area (Å²) in [5, 5.41) is 4.62. The number of anilines is 2. The van der Waals surface area contributed by atoms with Crippen molar-refractivity contribution in [2.75, 3.05) is 18.2 Å². The molecule has 0 radical (unpaired) electrons. The zero-order valence-electron chi connectivity index (χ0n) is 9.01. The fourth-order valence-corrected chi connectivity index (χ4v) is 1.71. The highest BCUT2D eigenvalue weighted by atomic mass is 32.1. The zero-order chi connectivity index (χ0) is 12.3. The monoisotopic (exact) mass is 250 g/mol. The van der Waals surface area contributed by atoms with Gasteiger partial charge in [-0.15, -0.1) is 11.3 Å². The fourth-order valence-electron chi connectivity index (χ4n) is 1.16. The van der Waals surface area contributed by atoms with Gasteiger partial charge >= 0.3 is 0 Å². The van der Waals surface area contributed by atoms with E-state index in [1.807, 2.05) is 0 Å². The van der Waals surface area contributed by atoms with Gasteiger partial charge in [0.1, 0.15) is 5.69 Å². The Labute approximate surface area is 101 Å². The quantitative estimate of drug-likeness (QED) is 0.858. The summed E-state index contributed by atoms with van der Waals surface area (Å²) in [4.78, 5) is 19.5. The molecule has 2 rings (SSSR count). The number of pyridine rings is 1. The van der Waals surface area contributed by atoms with Gasteiger partial charge in [0, 0.05) is 11.4 Å². The van der Waals surface area contributed by atoms with Crippen molar-refractivity contribution in [1.82, 2.24) is 9.97 Å². The van der Waals surface area contributed by atoms with Gasteiger partial charge in [-0.1, -0.05) is 0 Å². The molecule has 0 fully saturated rings. The Kier molecular flexibility index (Phi) is 3.20. The van der Waals surface area contributed by atoms with Gasteiger partial charge < -0.3 is 15.8 Å². The third kappa shape index (κ3) is 2.70. The number of nitrogens with one attached hydrogen (secondary N) is 1. The summed E-state index contributed by atoms with van der Waals surface area (Å²) in [6.45, 7) is 0. The van der Waals surface area contributed by atoms with Crippen molar-refractivity contribution in [3.63, 3.8) is 0 Å². The molecule has 0 aromatic carbocycles. The van der Waals surface area contributed by atoms with Crippen molar-refractivity contribution in [2.24, 2.45) is 0 Å². The van der Waals surface area contributed by atoms with E-state index in [2.05, 4.69) is 15.3 Å². The lowest BCUT2D eigenvalue weighted by Gasteiger charge is -2.03. The van der Waals surface area contributed by atoms with E-state index in [4.69, 9.17) is 10.5 Å². The second-order valence-corrected chi connectivity index (χ2v) is 4.00. The molecule has 1 amide bonds. The van der Waals surface area contributed by atoms with Crippen LogP contribution in [-0.4, -0.2) is 23.0 Å². The molecule has 0 aliphatic heterocycles. The van der Waals surface area contributed by atoms with Crippen LogP contribution in [0.15, 0.2) is 23.7 Å². The lowest BCUT2D eigenvalue weighted by atomic mass is 10.4. The van der Waals surface area contributed by atoms with E-state index in [-0.39, 0.29) is 5.91 Å². The Morgan fingerprint density at radius 3 is 2.88 bits per heavy atom. The third-order valence-electron chi connectivity index (χ3n) is 1.96. The van der Waals surface area contributed by atoms with Crippen LogP contribution in [0.4, 0.5) is 10.8 Å². The van der Waals surface area contributed by atoms with Crippen molar-refractivity contribution in [3.05, 3.63) is 29.4 Å². The molecule has 3 N–H and O–H groups in total. The number of methoxy groups -OCH3 is 1. The average molecular weight is 250 g/mol. The van der Waals surface area contributed by atoms with Crippen LogP contribution in [-0.2, 0) is 0 Å². The first-order valence-electron chi connectivity index (χ1n) is 4.71. The molecule has 2 aromatic heterocycles. The molecule has 0 aliphatic rings. The lowest BCUT2D eigenvalue weighted by molar-refractivity contribution is 0.102. The lowest BCUT2D eigenvalue weighted by Crippen LogP contribution is -2.12. The third-order valence-corrected chi connectivity index (χ3v) is 2.63. The van der Waals surface area contributed by atoms with Crippen molar-refractivity contribution in [1.29, 1.82) is 0 Å². The van der Waals surface area contributed by atoms with Crippen molar-refractivity contribution >= 4 is 28.1 Å². The number of hydrogen-bond donors (Lipinski definition) is 2. The largest absolute Gasteiger partial charge is 0.481 e. The van der Waals surface area contributed by atoms with Crippen LogP contribution in [0.5, 0.6) is 5.88 Å². The van der Waals surface area contributed by atoms with Crippen LogP contribution in [0.1, 0.15) is 10.5 Å². The van der Waals surface area contributed by atoms with Gasteiger partial charge in [-0.2, -0.15) is 0 Å². The molecule has 0 saturated carbocycles. The number of thiazole rings is 1. The summed E-state index contributed by atoms with van der Waals surface area (Å²) < 4.78 is 4.91. The number of nitrogens with zero attached hydrogens (tertiary/aromatic N) is 2. The molecule has 7 heteroatoms. The minimum atomic E-state index is -0.315. The average Bonchev–Trinajstić information content (AvgIpc) is 2.77. The number of ether oxygens (including phenoxy) is 1. The second-order valence-electron chi connectivity index (χ2n) is 3.11. The maximum atomic E-state index is 11.7. The van der Waals surface area contributed by atoms with Gasteiger partial charge in [0.25, 0.3) is 5.91 Å². The summed E-state index contributed by atoms with van der Waals surface area (Å²) in [7, 11) is 1.53. The van der Waals surface area contributed by atoms with Crippen LogP contribution in [0, 0.1) is 0 Å². The molecule has 0 spiro atoms. The second kappa shape index (κ2) is 4.79. The molecule has 0 bridgehead atoms. The number of carbonyl (C=O) groups excluding carboxylic acids is 1. The Balaban J connectivity index is 2.07. The SMILES string of the molecule is COc1ccc(NC(=O)c2csc(N)n2)cn1. The highest BCUT2D eigenvalue weighted by molar-refractivity contribution is 7.13. The summed E-state index contributed by atoms with van der Waals surface area (Å²) >= 11 is 1.22. The minimum Gasteiger partial charge on any atom is -0.481 e. The van der Waals surface area contributed by atoms with Gasteiger partial charge in [-0.05, 0) is 6.07 Å². The standard InChI is InChI=1S/C10H10N4O2S/c1-16-8-3-2-6(4-12-8)13-9(15)7-5-17-10(11)14-7/h2-5H,1H3,(H2,11,14)(H,13,15). The first-order valence-corrected chi connectivity index (χ1v) is 5.59. The molecule has 0 saturated heterocycles. The van der Waals surface area contributed by atoms with Crippen molar-refractivity contribution in [3.8, 4) is 5.88 Å². The van der Waals surface area contributed by atoms with E-state index in [1.165, 1.54) is 24.6 Å². The number of rotatable bonds is 3. The first kappa shape index (κ1) is 11.3. The molecular weight excluding hydrogens is 240 g/mol. The van der Waals surface area contributed by atoms with E-state index in [0.29, 0.717) is 22.4 Å². The van der Waals surface area contributed by atoms with Crippen LogP contribution in [0.25, 0.3) is 0 Å². The fraction of sp³-hybridized carbons (Fsp3) is 0.100. The molecule has 6 nitrogen and oxygen atoms in total. The van der Waals surface area contributed by atoms with Crippen LogP contribution < -0.4 is 15.8 Å². The van der Waals surface area contributed by atoms with Gasteiger partial charge in [0.05, 0.1) is 19.0 Å². The van der Waals surface area contributed by atoms with Gasteiger partial charge in [-0.25, -0.2) is 9.97 Å². The van der Waals surface area contributed by atoms with Gasteiger partial charge in [0.2, 0.25) is 5.88 Å². The van der Waals surface area contributed by atoms with E-state index < -0.39 is 0 Å². The highest BCUT2D eigenvalue weighted by Crippen LogP contribution is 2.14.